The maximum absolute atomic E-state index is 13.3. The summed E-state index contributed by atoms with van der Waals surface area (Å²) in [6.07, 6.45) is 5.99. The van der Waals surface area contributed by atoms with Gasteiger partial charge in [-0.3, -0.25) is 9.78 Å². The summed E-state index contributed by atoms with van der Waals surface area (Å²) in [7, 11) is 0. The third kappa shape index (κ3) is 4.93. The highest BCUT2D eigenvalue weighted by Gasteiger charge is 2.21. The first-order valence-corrected chi connectivity index (χ1v) is 5.83. The average Bonchev–Trinajstić information content (AvgIpc) is 2.32. The van der Waals surface area contributed by atoms with Gasteiger partial charge in [0.1, 0.15) is 0 Å². The zero-order chi connectivity index (χ0) is 12.3. The number of nitrogens with one attached hydrogen (secondary N) is 1. The maximum Gasteiger partial charge on any atom is 0.254 e. The van der Waals surface area contributed by atoms with Crippen LogP contribution < -0.4 is 11.1 Å². The van der Waals surface area contributed by atoms with Crippen molar-refractivity contribution in [1.82, 2.24) is 10.3 Å². The number of halogens is 3. The Balaban J connectivity index is 0.00000162. The Morgan fingerprint density at radius 3 is 2.53 bits per heavy atom. The Labute approximate surface area is 124 Å². The molecule has 0 bridgehead atoms. The molecule has 7 heteroatoms. The van der Waals surface area contributed by atoms with E-state index in [-0.39, 0.29) is 48.4 Å². The van der Waals surface area contributed by atoms with Gasteiger partial charge in [0.25, 0.3) is 5.91 Å². The van der Waals surface area contributed by atoms with Crippen LogP contribution in [-0.2, 0) is 0 Å². The molecule has 1 heterocycles. The Hall–Kier alpha value is -0.910. The second-order valence-corrected chi connectivity index (χ2v) is 4.44. The smallest absolute Gasteiger partial charge is 0.254 e. The lowest BCUT2D eigenvalue weighted by Gasteiger charge is -2.26. The molecule has 1 aromatic rings. The number of rotatable bonds is 2. The number of aromatic nitrogens is 1. The molecule has 1 aromatic heterocycles. The number of hydrogen-bond acceptors (Lipinski definition) is 3. The van der Waals surface area contributed by atoms with Gasteiger partial charge in [-0.1, -0.05) is 0 Å². The fraction of sp³-hybridized carbons (Fsp3) is 0.500. The van der Waals surface area contributed by atoms with Crippen LogP contribution in [0.5, 0.6) is 0 Å². The third-order valence-electron chi connectivity index (χ3n) is 3.12. The zero-order valence-corrected chi connectivity index (χ0v) is 12.0. The summed E-state index contributed by atoms with van der Waals surface area (Å²) in [4.78, 5) is 15.4. The van der Waals surface area contributed by atoms with Crippen LogP contribution in [0.4, 0.5) is 4.39 Å². The number of amides is 1. The van der Waals surface area contributed by atoms with Gasteiger partial charge in [0, 0.05) is 18.3 Å². The fourth-order valence-electron chi connectivity index (χ4n) is 2.09. The molecule has 0 saturated heterocycles. The third-order valence-corrected chi connectivity index (χ3v) is 3.12. The molecule has 108 valence electrons. The summed E-state index contributed by atoms with van der Waals surface area (Å²) in [5.74, 6) is -0.956. The molecule has 1 aliphatic rings. The topological polar surface area (TPSA) is 68.0 Å². The molecular formula is C12H18Cl2FN3O. The molecule has 3 N–H and O–H groups in total. The molecule has 0 unspecified atom stereocenters. The first kappa shape index (κ1) is 18.1. The van der Waals surface area contributed by atoms with Crippen molar-refractivity contribution in [2.24, 2.45) is 5.73 Å². The monoisotopic (exact) mass is 309 g/mol. The number of carbonyl (C=O) groups is 1. The molecule has 2 rings (SSSR count). The van der Waals surface area contributed by atoms with E-state index >= 15 is 0 Å². The van der Waals surface area contributed by atoms with Crippen molar-refractivity contribution in [1.29, 1.82) is 0 Å². The Kier molecular flexibility index (Phi) is 7.90. The minimum absolute atomic E-state index is 0. The predicted molar refractivity (Wildman–Crippen MR) is 76.4 cm³/mol. The molecule has 1 aliphatic carbocycles. The largest absolute Gasteiger partial charge is 0.349 e. The Morgan fingerprint density at radius 2 is 1.95 bits per heavy atom. The molecule has 19 heavy (non-hydrogen) atoms. The van der Waals surface area contributed by atoms with Gasteiger partial charge in [-0.15, -0.1) is 24.8 Å². The van der Waals surface area contributed by atoms with E-state index in [0.717, 1.165) is 31.9 Å². The minimum Gasteiger partial charge on any atom is -0.349 e. The van der Waals surface area contributed by atoms with Gasteiger partial charge in [0.2, 0.25) is 0 Å². The van der Waals surface area contributed by atoms with Crippen LogP contribution in [0.1, 0.15) is 36.0 Å². The number of pyridine rings is 1. The first-order valence-electron chi connectivity index (χ1n) is 5.83. The standard InChI is InChI=1S/C12H16FN3O.2ClH/c13-11-7-15-6-5-10(11)12(17)16-9-3-1-8(14)2-4-9;;/h5-9H,1-4,14H2,(H,16,17);2*1H. The van der Waals surface area contributed by atoms with Crippen molar-refractivity contribution in [3.05, 3.63) is 29.8 Å². The summed E-state index contributed by atoms with van der Waals surface area (Å²) < 4.78 is 13.3. The minimum atomic E-state index is -0.586. The van der Waals surface area contributed by atoms with Crippen LogP contribution in [0.15, 0.2) is 18.5 Å². The van der Waals surface area contributed by atoms with Crippen molar-refractivity contribution in [3.8, 4) is 0 Å². The van der Waals surface area contributed by atoms with Crippen LogP contribution in [0.3, 0.4) is 0 Å². The molecular weight excluding hydrogens is 292 g/mol. The van der Waals surface area contributed by atoms with Crippen molar-refractivity contribution in [3.63, 3.8) is 0 Å². The highest BCUT2D eigenvalue weighted by atomic mass is 35.5. The van der Waals surface area contributed by atoms with Crippen molar-refractivity contribution < 1.29 is 9.18 Å². The van der Waals surface area contributed by atoms with Crippen LogP contribution in [0.2, 0.25) is 0 Å². The molecule has 0 aliphatic heterocycles. The summed E-state index contributed by atoms with van der Waals surface area (Å²) in [6.45, 7) is 0. The first-order chi connectivity index (χ1) is 8.16. The molecule has 1 fully saturated rings. The second kappa shape index (κ2) is 8.30. The average molecular weight is 310 g/mol. The van der Waals surface area contributed by atoms with Crippen LogP contribution >= 0.6 is 24.8 Å². The van der Waals surface area contributed by atoms with E-state index in [9.17, 15) is 9.18 Å². The van der Waals surface area contributed by atoms with E-state index in [2.05, 4.69) is 10.3 Å². The zero-order valence-electron chi connectivity index (χ0n) is 10.3. The second-order valence-electron chi connectivity index (χ2n) is 4.44. The van der Waals surface area contributed by atoms with Gasteiger partial charge in [0.15, 0.2) is 5.82 Å². The lowest BCUT2D eigenvalue weighted by Crippen LogP contribution is -2.40. The number of carbonyl (C=O) groups excluding carboxylic acids is 1. The molecule has 4 nitrogen and oxygen atoms in total. The van der Waals surface area contributed by atoms with Crippen LogP contribution in [0, 0.1) is 5.82 Å². The molecule has 0 atom stereocenters. The van der Waals surface area contributed by atoms with Crippen molar-refractivity contribution in [2.45, 2.75) is 37.8 Å². The molecule has 1 amide bonds. The maximum atomic E-state index is 13.3. The van der Waals surface area contributed by atoms with Gasteiger partial charge in [-0.2, -0.15) is 0 Å². The molecule has 0 radical (unpaired) electrons. The number of nitrogens with zero attached hydrogens (tertiary/aromatic N) is 1. The normalized spacial score (nSPS) is 21.8. The van der Waals surface area contributed by atoms with Crippen molar-refractivity contribution >= 4 is 30.7 Å². The van der Waals surface area contributed by atoms with Crippen molar-refractivity contribution in [2.75, 3.05) is 0 Å². The predicted octanol–water partition coefficient (Wildman–Crippen LogP) is 2.06. The van der Waals surface area contributed by atoms with Gasteiger partial charge >= 0.3 is 0 Å². The number of hydrogen-bond donors (Lipinski definition) is 2. The van der Waals surface area contributed by atoms with E-state index in [4.69, 9.17) is 5.73 Å². The van der Waals surface area contributed by atoms with Crippen LogP contribution in [0.25, 0.3) is 0 Å². The fourth-order valence-corrected chi connectivity index (χ4v) is 2.09. The van der Waals surface area contributed by atoms with Crippen LogP contribution in [-0.4, -0.2) is 23.0 Å². The van der Waals surface area contributed by atoms with E-state index in [1.165, 1.54) is 12.3 Å². The Morgan fingerprint density at radius 1 is 1.32 bits per heavy atom. The molecule has 0 aromatic carbocycles. The van der Waals surface area contributed by atoms with Gasteiger partial charge in [-0.05, 0) is 31.7 Å². The highest BCUT2D eigenvalue weighted by Crippen LogP contribution is 2.17. The van der Waals surface area contributed by atoms with Gasteiger partial charge in [-0.25, -0.2) is 4.39 Å². The lowest BCUT2D eigenvalue weighted by atomic mass is 9.91. The summed E-state index contributed by atoms with van der Waals surface area (Å²) >= 11 is 0. The Bertz CT molecular complexity index is 412. The molecule has 0 spiro atoms. The van der Waals surface area contributed by atoms with Gasteiger partial charge < -0.3 is 11.1 Å². The quantitative estimate of drug-likeness (QED) is 0.878. The summed E-state index contributed by atoms with van der Waals surface area (Å²) in [5, 5.41) is 2.83. The van der Waals surface area contributed by atoms with E-state index < -0.39 is 5.82 Å². The highest BCUT2D eigenvalue weighted by molar-refractivity contribution is 5.94. The summed E-state index contributed by atoms with van der Waals surface area (Å²) in [5.41, 5.74) is 5.83. The van der Waals surface area contributed by atoms with Gasteiger partial charge in [0.05, 0.1) is 11.8 Å². The SMILES string of the molecule is Cl.Cl.NC1CCC(NC(=O)c2ccncc2F)CC1. The van der Waals surface area contributed by atoms with E-state index in [1.54, 1.807) is 0 Å². The number of nitrogens with two attached hydrogens (primary N) is 1. The molecule has 1 saturated carbocycles. The lowest BCUT2D eigenvalue weighted by molar-refractivity contribution is 0.0921. The van der Waals surface area contributed by atoms with E-state index in [1.807, 2.05) is 0 Å². The van der Waals surface area contributed by atoms with E-state index in [0.29, 0.717) is 0 Å². The summed E-state index contributed by atoms with van der Waals surface area (Å²) in [6, 6.07) is 1.73.